The number of nitrogens with zero attached hydrogens (tertiary/aromatic N) is 1. The van der Waals surface area contributed by atoms with Gasteiger partial charge in [-0.3, -0.25) is 4.79 Å². The van der Waals surface area contributed by atoms with E-state index >= 15 is 0 Å². The molecule has 5 heteroatoms. The Balaban J connectivity index is 2.21. The zero-order chi connectivity index (χ0) is 10.6. The molecule has 0 aliphatic carbocycles. The van der Waals surface area contributed by atoms with Crippen molar-refractivity contribution in [2.75, 3.05) is 25.1 Å². The van der Waals surface area contributed by atoms with Gasteiger partial charge in [0.15, 0.2) is 0 Å². The third-order valence-electron chi connectivity index (χ3n) is 2.36. The van der Waals surface area contributed by atoms with E-state index in [0.29, 0.717) is 12.8 Å². The molecule has 1 rings (SSSR count). The van der Waals surface area contributed by atoms with Gasteiger partial charge in [0.2, 0.25) is 5.91 Å². The molecule has 0 aromatic carbocycles. The highest BCUT2D eigenvalue weighted by Gasteiger charge is 2.17. The van der Waals surface area contributed by atoms with Crippen LogP contribution < -0.4 is 0 Å². The van der Waals surface area contributed by atoms with Crippen LogP contribution >= 0.6 is 0 Å². The second-order valence-corrected chi connectivity index (χ2v) is 6.08. The molecule has 0 bridgehead atoms. The predicted molar refractivity (Wildman–Crippen MR) is 54.8 cm³/mol. The molecule has 82 valence electrons. The molecule has 0 aromatic heterocycles. The van der Waals surface area contributed by atoms with Crippen LogP contribution in [-0.2, 0) is 14.6 Å². The van der Waals surface area contributed by atoms with Gasteiger partial charge in [0.25, 0.3) is 0 Å². The number of likely N-dealkylation sites (tertiary alicyclic amines) is 1. The summed E-state index contributed by atoms with van der Waals surface area (Å²) in [4.78, 5) is 13.3. The molecule has 1 heterocycles. The summed E-state index contributed by atoms with van der Waals surface area (Å²) in [6, 6.07) is 0. The molecule has 1 amide bonds. The SMILES string of the molecule is CS(=O)(=O)CCCC(=O)N1CCCC1. The lowest BCUT2D eigenvalue weighted by Crippen LogP contribution is -2.27. The Morgan fingerprint density at radius 2 is 1.86 bits per heavy atom. The molecule has 1 saturated heterocycles. The number of sulfone groups is 1. The van der Waals surface area contributed by atoms with Crippen LogP contribution in [0, 0.1) is 0 Å². The van der Waals surface area contributed by atoms with E-state index in [9.17, 15) is 13.2 Å². The Bertz CT molecular complexity index is 291. The minimum atomic E-state index is -2.91. The molecular formula is C9H17NO3S. The fourth-order valence-corrected chi connectivity index (χ4v) is 2.28. The molecule has 14 heavy (non-hydrogen) atoms. The van der Waals surface area contributed by atoms with Crippen LogP contribution in [0.4, 0.5) is 0 Å². The van der Waals surface area contributed by atoms with Crippen LogP contribution in [0.15, 0.2) is 0 Å². The van der Waals surface area contributed by atoms with E-state index in [1.807, 2.05) is 4.90 Å². The second kappa shape index (κ2) is 4.77. The van der Waals surface area contributed by atoms with Gasteiger partial charge in [0.1, 0.15) is 9.84 Å². The largest absolute Gasteiger partial charge is 0.343 e. The smallest absolute Gasteiger partial charge is 0.222 e. The standard InChI is InChI=1S/C9H17NO3S/c1-14(12,13)8-4-5-9(11)10-6-2-3-7-10/h2-8H2,1H3. The second-order valence-electron chi connectivity index (χ2n) is 3.82. The first-order chi connectivity index (χ1) is 6.49. The van der Waals surface area contributed by atoms with Gasteiger partial charge in [0, 0.05) is 25.8 Å². The highest BCUT2D eigenvalue weighted by molar-refractivity contribution is 7.90. The van der Waals surface area contributed by atoms with Crippen LogP contribution in [0.5, 0.6) is 0 Å². The molecule has 0 spiro atoms. The first-order valence-corrected chi connectivity index (χ1v) is 7.00. The van der Waals surface area contributed by atoms with Crippen molar-refractivity contribution in [3.63, 3.8) is 0 Å². The summed E-state index contributed by atoms with van der Waals surface area (Å²) in [5, 5.41) is 0. The molecule has 0 saturated carbocycles. The lowest BCUT2D eigenvalue weighted by molar-refractivity contribution is -0.130. The molecule has 0 atom stereocenters. The molecule has 0 unspecified atom stereocenters. The highest BCUT2D eigenvalue weighted by atomic mass is 32.2. The Morgan fingerprint density at radius 3 is 2.36 bits per heavy atom. The maximum atomic E-state index is 11.5. The average molecular weight is 219 g/mol. The van der Waals surface area contributed by atoms with Crippen molar-refractivity contribution in [2.24, 2.45) is 0 Å². The summed E-state index contributed by atoms with van der Waals surface area (Å²) in [5.41, 5.74) is 0. The van der Waals surface area contributed by atoms with E-state index in [1.54, 1.807) is 0 Å². The molecule has 1 fully saturated rings. The fraction of sp³-hybridized carbons (Fsp3) is 0.889. The number of rotatable bonds is 4. The van der Waals surface area contributed by atoms with E-state index in [2.05, 4.69) is 0 Å². The maximum Gasteiger partial charge on any atom is 0.222 e. The summed E-state index contributed by atoms with van der Waals surface area (Å²) < 4.78 is 21.6. The highest BCUT2D eigenvalue weighted by Crippen LogP contribution is 2.09. The van der Waals surface area contributed by atoms with Gasteiger partial charge < -0.3 is 4.90 Å². The van der Waals surface area contributed by atoms with Gasteiger partial charge in [-0.25, -0.2) is 8.42 Å². The number of carbonyl (C=O) groups excluding carboxylic acids is 1. The van der Waals surface area contributed by atoms with Crippen LogP contribution in [0.3, 0.4) is 0 Å². The van der Waals surface area contributed by atoms with Gasteiger partial charge in [-0.05, 0) is 19.3 Å². The molecule has 0 aromatic rings. The number of amides is 1. The molecule has 0 N–H and O–H groups in total. The minimum Gasteiger partial charge on any atom is -0.343 e. The van der Waals surface area contributed by atoms with Crippen LogP contribution in [0.25, 0.3) is 0 Å². The Hall–Kier alpha value is -0.580. The van der Waals surface area contributed by atoms with E-state index in [4.69, 9.17) is 0 Å². The van der Waals surface area contributed by atoms with Gasteiger partial charge >= 0.3 is 0 Å². The summed E-state index contributed by atoms with van der Waals surface area (Å²) in [7, 11) is -2.91. The van der Waals surface area contributed by atoms with Crippen molar-refractivity contribution >= 4 is 15.7 Å². The minimum absolute atomic E-state index is 0.103. The summed E-state index contributed by atoms with van der Waals surface area (Å²) in [6.45, 7) is 1.69. The van der Waals surface area contributed by atoms with E-state index in [0.717, 1.165) is 25.9 Å². The summed E-state index contributed by atoms with van der Waals surface area (Å²) >= 11 is 0. The normalized spacial score (nSPS) is 17.4. The first-order valence-electron chi connectivity index (χ1n) is 4.94. The van der Waals surface area contributed by atoms with Gasteiger partial charge in [-0.1, -0.05) is 0 Å². The third kappa shape index (κ3) is 4.09. The molecule has 0 radical (unpaired) electrons. The van der Waals surface area contributed by atoms with Gasteiger partial charge in [-0.15, -0.1) is 0 Å². The Labute approximate surface area is 85.2 Å². The van der Waals surface area contributed by atoms with Crippen molar-refractivity contribution in [2.45, 2.75) is 25.7 Å². The third-order valence-corrected chi connectivity index (χ3v) is 3.39. The zero-order valence-electron chi connectivity index (χ0n) is 8.53. The molecular weight excluding hydrogens is 202 g/mol. The van der Waals surface area contributed by atoms with Crippen LogP contribution in [-0.4, -0.2) is 44.3 Å². The van der Waals surface area contributed by atoms with Crippen molar-refractivity contribution in [1.29, 1.82) is 0 Å². The summed E-state index contributed by atoms with van der Waals surface area (Å²) in [5.74, 6) is 0.221. The van der Waals surface area contributed by atoms with E-state index in [1.165, 1.54) is 6.26 Å². The molecule has 1 aliphatic rings. The zero-order valence-corrected chi connectivity index (χ0v) is 9.35. The number of hydrogen-bond acceptors (Lipinski definition) is 3. The van der Waals surface area contributed by atoms with Gasteiger partial charge in [-0.2, -0.15) is 0 Å². The van der Waals surface area contributed by atoms with Crippen molar-refractivity contribution in [1.82, 2.24) is 4.90 Å². The number of hydrogen-bond donors (Lipinski definition) is 0. The Morgan fingerprint density at radius 1 is 1.29 bits per heavy atom. The lowest BCUT2D eigenvalue weighted by atomic mass is 10.3. The number of carbonyl (C=O) groups is 1. The molecule has 1 aliphatic heterocycles. The summed E-state index contributed by atoms with van der Waals surface area (Å²) in [6.07, 6.45) is 4.18. The fourth-order valence-electron chi connectivity index (χ4n) is 1.61. The van der Waals surface area contributed by atoms with Crippen LogP contribution in [0.2, 0.25) is 0 Å². The quantitative estimate of drug-likeness (QED) is 0.689. The first kappa shape index (κ1) is 11.5. The van der Waals surface area contributed by atoms with Crippen LogP contribution in [0.1, 0.15) is 25.7 Å². The van der Waals surface area contributed by atoms with E-state index < -0.39 is 9.84 Å². The van der Waals surface area contributed by atoms with Crippen molar-refractivity contribution < 1.29 is 13.2 Å². The maximum absolute atomic E-state index is 11.5. The molecule has 4 nitrogen and oxygen atoms in total. The average Bonchev–Trinajstić information content (AvgIpc) is 2.53. The monoisotopic (exact) mass is 219 g/mol. The predicted octanol–water partition coefficient (Wildman–Crippen LogP) is 0.434. The Kier molecular flexibility index (Phi) is 3.92. The topological polar surface area (TPSA) is 54.5 Å². The lowest BCUT2D eigenvalue weighted by Gasteiger charge is -2.14. The van der Waals surface area contributed by atoms with Gasteiger partial charge in [0.05, 0.1) is 5.75 Å². The van der Waals surface area contributed by atoms with E-state index in [-0.39, 0.29) is 11.7 Å². The van der Waals surface area contributed by atoms with Crippen molar-refractivity contribution in [3.8, 4) is 0 Å². The van der Waals surface area contributed by atoms with Crippen molar-refractivity contribution in [3.05, 3.63) is 0 Å².